The highest BCUT2D eigenvalue weighted by Gasteiger charge is 2.35. The Labute approximate surface area is 199 Å². The summed E-state index contributed by atoms with van der Waals surface area (Å²) in [6, 6.07) is 5.62. The number of ether oxygens (including phenoxy) is 1. The number of hydrogen-bond donors (Lipinski definition) is 1. The van der Waals surface area contributed by atoms with Crippen molar-refractivity contribution in [1.29, 1.82) is 0 Å². The van der Waals surface area contributed by atoms with Gasteiger partial charge in [0.05, 0.1) is 18.6 Å². The average Bonchev–Trinajstić information content (AvgIpc) is 3.28. The summed E-state index contributed by atoms with van der Waals surface area (Å²) in [6.45, 7) is 1.08. The lowest BCUT2D eigenvalue weighted by Gasteiger charge is -2.34. The number of thioether (sulfide) groups is 2. The van der Waals surface area contributed by atoms with Gasteiger partial charge in [0.1, 0.15) is 11.9 Å². The van der Waals surface area contributed by atoms with Crippen LogP contribution in [0, 0.1) is 5.82 Å². The quantitative estimate of drug-likeness (QED) is 0.375. The normalized spacial score (nSPS) is 20.4. The van der Waals surface area contributed by atoms with Gasteiger partial charge in [-0.25, -0.2) is 14.4 Å². The zero-order valence-electron chi connectivity index (χ0n) is 18.0. The van der Waals surface area contributed by atoms with Gasteiger partial charge in [-0.2, -0.15) is 0 Å². The van der Waals surface area contributed by atoms with E-state index in [1.807, 2.05) is 0 Å². The van der Waals surface area contributed by atoms with E-state index in [0.29, 0.717) is 24.0 Å². The van der Waals surface area contributed by atoms with E-state index in [9.17, 15) is 18.8 Å². The van der Waals surface area contributed by atoms with Gasteiger partial charge in [0.2, 0.25) is 5.91 Å². The van der Waals surface area contributed by atoms with Crippen molar-refractivity contribution >= 4 is 40.6 Å². The molecule has 2 saturated heterocycles. The van der Waals surface area contributed by atoms with Crippen molar-refractivity contribution in [3.8, 4) is 11.1 Å². The van der Waals surface area contributed by atoms with Crippen LogP contribution in [0.3, 0.4) is 0 Å². The van der Waals surface area contributed by atoms with Crippen LogP contribution in [-0.2, 0) is 14.3 Å². The number of carbonyl (C=O) groups is 3. The number of likely N-dealkylation sites (tertiary alicyclic amines) is 1. The summed E-state index contributed by atoms with van der Waals surface area (Å²) in [6.07, 6.45) is 3.30. The van der Waals surface area contributed by atoms with Crippen molar-refractivity contribution in [3.05, 3.63) is 42.0 Å². The van der Waals surface area contributed by atoms with E-state index in [1.165, 1.54) is 31.0 Å². The summed E-state index contributed by atoms with van der Waals surface area (Å²) in [5.41, 5.74) is 2.30. The lowest BCUT2D eigenvalue weighted by Crippen LogP contribution is -2.49. The fraction of sp³-hybridized carbons (Fsp3) is 0.409. The van der Waals surface area contributed by atoms with Gasteiger partial charge in [-0.15, -0.1) is 0 Å². The molecule has 0 unspecified atom stereocenters. The summed E-state index contributed by atoms with van der Waals surface area (Å²) in [5, 5.41) is 2.97. The zero-order valence-corrected chi connectivity index (χ0v) is 19.6. The number of benzene rings is 1. The van der Waals surface area contributed by atoms with Gasteiger partial charge in [0.15, 0.2) is 5.16 Å². The molecule has 2 fully saturated rings. The molecule has 1 aromatic heterocycles. The average molecular weight is 491 g/mol. The number of rotatable bonds is 6. The van der Waals surface area contributed by atoms with Crippen molar-refractivity contribution < 1.29 is 23.5 Å². The Hall–Kier alpha value is -2.66. The van der Waals surface area contributed by atoms with E-state index in [4.69, 9.17) is 9.72 Å². The number of nitrogens with zero attached hydrogens (tertiary/aromatic N) is 3. The molecule has 33 heavy (non-hydrogen) atoms. The third-order valence-electron chi connectivity index (χ3n) is 5.59. The van der Waals surface area contributed by atoms with E-state index in [2.05, 4.69) is 10.3 Å². The second kappa shape index (κ2) is 10.5. The molecule has 0 aliphatic carbocycles. The molecule has 0 spiro atoms. The number of methoxy groups -OCH3 is 1. The fourth-order valence-electron chi connectivity index (χ4n) is 3.93. The molecule has 0 bridgehead atoms. The molecule has 1 N–H and O–H groups in total. The van der Waals surface area contributed by atoms with Crippen LogP contribution in [-0.4, -0.2) is 69.7 Å². The van der Waals surface area contributed by atoms with E-state index < -0.39 is 6.04 Å². The lowest BCUT2D eigenvalue weighted by molar-refractivity contribution is -0.137. The molecule has 3 heterocycles. The highest BCUT2D eigenvalue weighted by Crippen LogP contribution is 2.34. The Balaban J connectivity index is 1.61. The molecular formula is C22H23FN4O4S2. The van der Waals surface area contributed by atoms with Gasteiger partial charge < -0.3 is 15.0 Å². The minimum Gasteiger partial charge on any atom is -0.468 e. The Morgan fingerprint density at radius 3 is 2.82 bits per heavy atom. The third kappa shape index (κ3) is 5.64. The molecule has 2 amide bonds. The summed E-state index contributed by atoms with van der Waals surface area (Å²) in [7, 11) is 1.33. The first-order chi connectivity index (χ1) is 15.9. The van der Waals surface area contributed by atoms with Crippen molar-refractivity contribution in [2.75, 3.05) is 31.7 Å². The largest absolute Gasteiger partial charge is 0.468 e. The maximum absolute atomic E-state index is 13.5. The van der Waals surface area contributed by atoms with Crippen molar-refractivity contribution in [3.63, 3.8) is 0 Å². The molecule has 174 valence electrons. The molecule has 11 heteroatoms. The maximum Gasteiger partial charge on any atom is 0.316 e. The molecule has 2 aliphatic rings. The fourth-order valence-corrected chi connectivity index (χ4v) is 5.36. The SMILES string of the molecule is COC(=O)CSc1ncc(-c2ccc(F)cc2)c([C@@H]2CCCN(C(=O)[C@@H]3CSC(=O)N3)C2)n1. The first-order valence-corrected chi connectivity index (χ1v) is 12.5. The van der Waals surface area contributed by atoms with Crippen LogP contribution >= 0.6 is 23.5 Å². The molecule has 1 aromatic carbocycles. The van der Waals surface area contributed by atoms with Crippen LogP contribution in [0.15, 0.2) is 35.6 Å². The van der Waals surface area contributed by atoms with Gasteiger partial charge >= 0.3 is 5.97 Å². The first kappa shape index (κ1) is 23.5. The molecule has 2 aliphatic heterocycles. The van der Waals surface area contributed by atoms with Crippen molar-refractivity contribution in [2.24, 2.45) is 0 Å². The maximum atomic E-state index is 13.5. The van der Waals surface area contributed by atoms with Crippen LogP contribution in [0.1, 0.15) is 24.5 Å². The standard InChI is InChI=1S/C22H23FN4O4S2/c1-31-18(28)12-32-21-24-9-16(13-4-6-15(23)7-5-13)19(26-21)14-3-2-8-27(10-14)20(29)17-11-33-22(30)25-17/h4-7,9,14,17H,2-3,8,10-12H2,1H3,(H,25,30)/t14-,17+/m1/s1. The number of esters is 1. The van der Waals surface area contributed by atoms with Crippen molar-refractivity contribution in [2.45, 2.75) is 30.0 Å². The number of halogens is 1. The lowest BCUT2D eigenvalue weighted by atomic mass is 9.89. The smallest absolute Gasteiger partial charge is 0.316 e. The van der Waals surface area contributed by atoms with Gasteiger partial charge in [0, 0.05) is 36.5 Å². The van der Waals surface area contributed by atoms with E-state index in [1.54, 1.807) is 23.2 Å². The summed E-state index contributed by atoms with van der Waals surface area (Å²) in [4.78, 5) is 46.9. The minimum atomic E-state index is -0.505. The van der Waals surface area contributed by atoms with Crippen LogP contribution in [0.2, 0.25) is 0 Å². The van der Waals surface area contributed by atoms with Crippen LogP contribution in [0.4, 0.5) is 9.18 Å². The highest BCUT2D eigenvalue weighted by atomic mass is 32.2. The Bertz CT molecular complexity index is 1050. The first-order valence-electron chi connectivity index (χ1n) is 10.5. The van der Waals surface area contributed by atoms with Gasteiger partial charge in [-0.1, -0.05) is 35.7 Å². The summed E-state index contributed by atoms with van der Waals surface area (Å²) >= 11 is 2.30. The third-order valence-corrected chi connectivity index (χ3v) is 7.30. The van der Waals surface area contributed by atoms with E-state index in [-0.39, 0.29) is 34.6 Å². The Morgan fingerprint density at radius 2 is 2.12 bits per heavy atom. The highest BCUT2D eigenvalue weighted by molar-refractivity contribution is 8.14. The zero-order chi connectivity index (χ0) is 23.4. The monoisotopic (exact) mass is 490 g/mol. The number of carbonyl (C=O) groups excluding carboxylic acids is 3. The molecule has 0 saturated carbocycles. The molecule has 2 atom stereocenters. The summed E-state index contributed by atoms with van der Waals surface area (Å²) < 4.78 is 18.2. The number of nitrogens with one attached hydrogen (secondary N) is 1. The molecule has 4 rings (SSSR count). The van der Waals surface area contributed by atoms with Crippen molar-refractivity contribution in [1.82, 2.24) is 20.2 Å². The number of hydrogen-bond acceptors (Lipinski definition) is 8. The van der Waals surface area contributed by atoms with E-state index in [0.717, 1.165) is 41.4 Å². The number of amides is 2. The van der Waals surface area contributed by atoms with Gasteiger partial charge in [-0.05, 0) is 30.5 Å². The molecule has 0 radical (unpaired) electrons. The number of aromatic nitrogens is 2. The Kier molecular flexibility index (Phi) is 7.49. The topological polar surface area (TPSA) is 101 Å². The molecule has 8 nitrogen and oxygen atoms in total. The van der Waals surface area contributed by atoms with Crippen LogP contribution in [0.25, 0.3) is 11.1 Å². The van der Waals surface area contributed by atoms with Crippen LogP contribution < -0.4 is 5.32 Å². The Morgan fingerprint density at radius 1 is 1.33 bits per heavy atom. The van der Waals surface area contributed by atoms with Gasteiger partial charge in [0.25, 0.3) is 5.24 Å². The predicted octanol–water partition coefficient (Wildman–Crippen LogP) is 3.08. The molecular weight excluding hydrogens is 467 g/mol. The van der Waals surface area contributed by atoms with Gasteiger partial charge in [-0.3, -0.25) is 14.4 Å². The minimum absolute atomic E-state index is 0.0620. The predicted molar refractivity (Wildman–Crippen MR) is 123 cm³/mol. The van der Waals surface area contributed by atoms with E-state index >= 15 is 0 Å². The second-order valence-corrected chi connectivity index (χ2v) is 9.68. The summed E-state index contributed by atoms with van der Waals surface area (Å²) in [5.74, 6) is -0.346. The molecule has 2 aromatic rings. The van der Waals surface area contributed by atoms with Crippen LogP contribution in [0.5, 0.6) is 0 Å². The second-order valence-electron chi connectivity index (χ2n) is 7.74. The number of piperidine rings is 1.